The largest absolute Gasteiger partial charge is 0.457 e. The van der Waals surface area contributed by atoms with E-state index in [0.717, 1.165) is 16.7 Å². The summed E-state index contributed by atoms with van der Waals surface area (Å²) < 4.78 is 16.6. The summed E-state index contributed by atoms with van der Waals surface area (Å²) in [5.74, 6) is -0.684. The van der Waals surface area contributed by atoms with Crippen LogP contribution >= 0.6 is 0 Å². The van der Waals surface area contributed by atoms with Crippen molar-refractivity contribution in [3.63, 3.8) is 0 Å². The van der Waals surface area contributed by atoms with E-state index in [2.05, 4.69) is 0 Å². The second-order valence-corrected chi connectivity index (χ2v) is 6.78. The number of ether oxygens (including phenoxy) is 1. The summed E-state index contributed by atoms with van der Waals surface area (Å²) in [6.45, 7) is 5.74. The predicted octanol–water partition coefficient (Wildman–Crippen LogP) is 5.20. The van der Waals surface area contributed by atoms with E-state index in [1.54, 1.807) is 12.1 Å². The summed E-state index contributed by atoms with van der Waals surface area (Å²) in [7, 11) is 0. The van der Waals surface area contributed by atoms with E-state index < -0.39 is 11.4 Å². The number of furan rings is 1. The summed E-state index contributed by atoms with van der Waals surface area (Å²) >= 11 is 0. The predicted molar refractivity (Wildman–Crippen MR) is 106 cm³/mol. The molecular weight excluding hydrogens is 356 g/mol. The first kappa shape index (κ1) is 17.8. The lowest BCUT2D eigenvalue weighted by molar-refractivity contribution is 0.0698. The third kappa shape index (κ3) is 3.11. The van der Waals surface area contributed by atoms with E-state index in [4.69, 9.17) is 13.6 Å². The Morgan fingerprint density at radius 2 is 1.71 bits per heavy atom. The fourth-order valence-electron chi connectivity index (χ4n) is 3.16. The summed E-state index contributed by atoms with van der Waals surface area (Å²) in [6, 6.07) is 14.2. The highest BCUT2D eigenvalue weighted by Crippen LogP contribution is 2.33. The number of fused-ring (bicyclic) bond motifs is 1. The standard InChI is InChI=1S/C23H18O5/c1-13-6-8-16(9-7-13)21-22(28-23(25)18-5-4-10-26-18)19(24)17-12-14(2)11-15(3)20(17)27-21/h4-12H,1-3H3. The average molecular weight is 374 g/mol. The van der Waals surface area contributed by atoms with Gasteiger partial charge in [-0.3, -0.25) is 4.79 Å². The van der Waals surface area contributed by atoms with Crippen LogP contribution in [0.3, 0.4) is 0 Å². The van der Waals surface area contributed by atoms with Gasteiger partial charge in [0.05, 0.1) is 11.6 Å². The molecule has 0 aliphatic heterocycles. The molecule has 0 radical (unpaired) electrons. The van der Waals surface area contributed by atoms with Crippen LogP contribution in [0.1, 0.15) is 27.2 Å². The zero-order chi connectivity index (χ0) is 19.8. The lowest BCUT2D eigenvalue weighted by atomic mass is 10.0. The summed E-state index contributed by atoms with van der Waals surface area (Å²) in [5.41, 5.74) is 3.54. The lowest BCUT2D eigenvalue weighted by Crippen LogP contribution is -2.16. The number of rotatable bonds is 3. The smallest absolute Gasteiger partial charge is 0.379 e. The van der Waals surface area contributed by atoms with Crippen molar-refractivity contribution in [1.82, 2.24) is 0 Å². The molecular formula is C23H18O5. The molecule has 28 heavy (non-hydrogen) atoms. The van der Waals surface area contributed by atoms with E-state index in [-0.39, 0.29) is 17.3 Å². The monoisotopic (exact) mass is 374 g/mol. The van der Waals surface area contributed by atoms with Crippen LogP contribution in [0.5, 0.6) is 5.75 Å². The van der Waals surface area contributed by atoms with Crippen molar-refractivity contribution in [2.24, 2.45) is 0 Å². The normalized spacial score (nSPS) is 11.0. The van der Waals surface area contributed by atoms with E-state index in [1.165, 1.54) is 12.3 Å². The van der Waals surface area contributed by atoms with Gasteiger partial charge in [0.1, 0.15) is 5.58 Å². The van der Waals surface area contributed by atoms with Gasteiger partial charge in [-0.1, -0.05) is 35.9 Å². The van der Waals surface area contributed by atoms with Crippen LogP contribution in [-0.2, 0) is 0 Å². The molecule has 0 amide bonds. The number of carbonyl (C=O) groups excluding carboxylic acids is 1. The Hall–Kier alpha value is -3.60. The van der Waals surface area contributed by atoms with Crippen molar-refractivity contribution >= 4 is 16.9 Å². The molecule has 0 saturated carbocycles. The van der Waals surface area contributed by atoms with Crippen LogP contribution in [0.25, 0.3) is 22.3 Å². The third-order valence-corrected chi connectivity index (χ3v) is 4.51. The van der Waals surface area contributed by atoms with Crippen LogP contribution < -0.4 is 10.2 Å². The molecule has 4 aromatic rings. The van der Waals surface area contributed by atoms with E-state index in [1.807, 2.05) is 51.1 Å². The number of carbonyl (C=O) groups is 1. The molecule has 140 valence electrons. The van der Waals surface area contributed by atoms with Crippen molar-refractivity contribution in [3.05, 3.63) is 87.5 Å². The maximum absolute atomic E-state index is 13.2. The van der Waals surface area contributed by atoms with E-state index in [0.29, 0.717) is 16.5 Å². The maximum Gasteiger partial charge on any atom is 0.379 e. The Bertz CT molecular complexity index is 1230. The molecule has 5 nitrogen and oxygen atoms in total. The molecule has 4 rings (SSSR count). The molecule has 0 aliphatic carbocycles. The van der Waals surface area contributed by atoms with Gasteiger partial charge in [-0.25, -0.2) is 4.79 Å². The first-order valence-corrected chi connectivity index (χ1v) is 8.85. The van der Waals surface area contributed by atoms with Crippen molar-refractivity contribution < 1.29 is 18.4 Å². The zero-order valence-corrected chi connectivity index (χ0v) is 15.7. The summed E-state index contributed by atoms with van der Waals surface area (Å²) in [4.78, 5) is 25.7. The number of aryl methyl sites for hydroxylation is 3. The van der Waals surface area contributed by atoms with E-state index >= 15 is 0 Å². The van der Waals surface area contributed by atoms with E-state index in [9.17, 15) is 9.59 Å². The van der Waals surface area contributed by atoms with Gasteiger partial charge in [0.15, 0.2) is 5.76 Å². The maximum atomic E-state index is 13.2. The minimum atomic E-state index is -0.755. The Morgan fingerprint density at radius 3 is 2.39 bits per heavy atom. The number of benzene rings is 2. The van der Waals surface area contributed by atoms with Crippen LogP contribution in [0.15, 0.2) is 68.4 Å². The molecule has 0 spiro atoms. The van der Waals surface area contributed by atoms with Gasteiger partial charge >= 0.3 is 5.97 Å². The van der Waals surface area contributed by atoms with Crippen LogP contribution in [0.4, 0.5) is 0 Å². The molecule has 2 aromatic heterocycles. The van der Waals surface area contributed by atoms with Crippen molar-refractivity contribution in [1.29, 1.82) is 0 Å². The Morgan fingerprint density at radius 1 is 0.964 bits per heavy atom. The molecule has 0 atom stereocenters. The molecule has 0 fully saturated rings. The SMILES string of the molecule is Cc1ccc(-c2oc3c(C)cc(C)cc3c(=O)c2OC(=O)c2ccco2)cc1. The Kier molecular flexibility index (Phi) is 4.35. The van der Waals surface area contributed by atoms with Crippen LogP contribution in [0, 0.1) is 20.8 Å². The molecule has 0 unspecified atom stereocenters. The first-order chi connectivity index (χ1) is 13.4. The molecule has 0 N–H and O–H groups in total. The minimum Gasteiger partial charge on any atom is -0.457 e. The van der Waals surface area contributed by atoms with Gasteiger partial charge in [-0.15, -0.1) is 0 Å². The quantitative estimate of drug-likeness (QED) is 0.461. The minimum absolute atomic E-state index is 0.00905. The highest BCUT2D eigenvalue weighted by Gasteiger charge is 2.23. The first-order valence-electron chi connectivity index (χ1n) is 8.85. The van der Waals surface area contributed by atoms with Gasteiger partial charge in [-0.05, 0) is 50.1 Å². The molecule has 0 aliphatic rings. The fraction of sp³-hybridized carbons (Fsp3) is 0.130. The summed E-state index contributed by atoms with van der Waals surface area (Å²) in [6.07, 6.45) is 1.37. The molecule has 0 bridgehead atoms. The number of hydrogen-bond donors (Lipinski definition) is 0. The highest BCUT2D eigenvalue weighted by molar-refractivity contribution is 5.91. The van der Waals surface area contributed by atoms with Crippen molar-refractivity contribution in [2.75, 3.05) is 0 Å². The van der Waals surface area contributed by atoms with Crippen LogP contribution in [0.2, 0.25) is 0 Å². The molecule has 0 saturated heterocycles. The van der Waals surface area contributed by atoms with Crippen molar-refractivity contribution in [2.45, 2.75) is 20.8 Å². The number of esters is 1. The zero-order valence-electron chi connectivity index (χ0n) is 15.7. The molecule has 2 aromatic carbocycles. The Balaban J connectivity index is 1.97. The fourth-order valence-corrected chi connectivity index (χ4v) is 3.16. The van der Waals surface area contributed by atoms with Gasteiger partial charge in [0, 0.05) is 5.56 Å². The second-order valence-electron chi connectivity index (χ2n) is 6.78. The Labute approximate surface area is 161 Å². The number of hydrogen-bond acceptors (Lipinski definition) is 5. The summed E-state index contributed by atoms with van der Waals surface area (Å²) in [5, 5.41) is 0.371. The lowest BCUT2D eigenvalue weighted by Gasteiger charge is -2.12. The van der Waals surface area contributed by atoms with Gasteiger partial charge in [0.2, 0.25) is 16.9 Å². The van der Waals surface area contributed by atoms with Gasteiger partial charge in [0.25, 0.3) is 0 Å². The third-order valence-electron chi connectivity index (χ3n) is 4.51. The molecule has 2 heterocycles. The second kappa shape index (κ2) is 6.85. The van der Waals surface area contributed by atoms with Crippen molar-refractivity contribution in [3.8, 4) is 17.1 Å². The van der Waals surface area contributed by atoms with Gasteiger partial charge in [-0.2, -0.15) is 0 Å². The van der Waals surface area contributed by atoms with Crippen LogP contribution in [-0.4, -0.2) is 5.97 Å². The van der Waals surface area contributed by atoms with Gasteiger partial charge < -0.3 is 13.6 Å². The highest BCUT2D eigenvalue weighted by atomic mass is 16.6. The molecule has 5 heteroatoms. The average Bonchev–Trinajstić information content (AvgIpc) is 3.20. The topological polar surface area (TPSA) is 69.7 Å².